The van der Waals surface area contributed by atoms with E-state index in [1.165, 1.54) is 32.1 Å². The van der Waals surface area contributed by atoms with Gasteiger partial charge in [-0.1, -0.05) is 19.3 Å². The Labute approximate surface area is 138 Å². The number of amides is 2. The van der Waals surface area contributed by atoms with Crippen LogP contribution >= 0.6 is 0 Å². The van der Waals surface area contributed by atoms with Crippen LogP contribution in [0.25, 0.3) is 0 Å². The van der Waals surface area contributed by atoms with E-state index in [1.807, 2.05) is 12.1 Å². The minimum Gasteiger partial charge on any atom is -0.495 e. The minimum absolute atomic E-state index is 0.131. The van der Waals surface area contributed by atoms with E-state index in [2.05, 4.69) is 21.6 Å². The lowest BCUT2D eigenvalue weighted by molar-refractivity contribution is 0.244. The first-order chi connectivity index (χ1) is 11.3. The van der Waals surface area contributed by atoms with Crippen molar-refractivity contribution in [1.82, 2.24) is 5.32 Å². The van der Waals surface area contributed by atoms with Crippen molar-refractivity contribution in [3.63, 3.8) is 0 Å². The Balaban J connectivity index is 1.66. The van der Waals surface area contributed by atoms with Crippen molar-refractivity contribution >= 4 is 17.4 Å². The Morgan fingerprint density at radius 2 is 1.87 bits per heavy atom. The van der Waals surface area contributed by atoms with Crippen LogP contribution in [0.5, 0.6) is 5.75 Å². The molecule has 1 aromatic carbocycles. The molecule has 3 rings (SSSR count). The lowest BCUT2D eigenvalue weighted by Crippen LogP contribution is -2.39. The number of carbonyl (C=O) groups is 1. The van der Waals surface area contributed by atoms with Gasteiger partial charge in [0, 0.05) is 24.8 Å². The monoisotopic (exact) mass is 317 g/mol. The summed E-state index contributed by atoms with van der Waals surface area (Å²) in [6, 6.07) is 6.19. The van der Waals surface area contributed by atoms with Crippen molar-refractivity contribution in [3.05, 3.63) is 18.2 Å². The number of anilines is 2. The number of rotatable bonds is 4. The summed E-state index contributed by atoms with van der Waals surface area (Å²) in [7, 11) is 1.63. The van der Waals surface area contributed by atoms with Crippen LogP contribution < -0.4 is 20.3 Å². The molecular formula is C18H27N3O2. The average molecular weight is 317 g/mol. The molecule has 1 aromatic rings. The quantitative estimate of drug-likeness (QED) is 0.889. The van der Waals surface area contributed by atoms with Crippen molar-refractivity contribution in [1.29, 1.82) is 0 Å². The fraction of sp³-hybridized carbons (Fsp3) is 0.611. The van der Waals surface area contributed by atoms with Crippen LogP contribution in [0.4, 0.5) is 16.2 Å². The van der Waals surface area contributed by atoms with E-state index < -0.39 is 0 Å². The van der Waals surface area contributed by atoms with E-state index in [4.69, 9.17) is 4.74 Å². The molecular weight excluding hydrogens is 290 g/mol. The van der Waals surface area contributed by atoms with Gasteiger partial charge in [-0.05, 0) is 43.9 Å². The molecule has 0 bridgehead atoms. The molecule has 1 saturated heterocycles. The number of hydrogen-bond acceptors (Lipinski definition) is 3. The third-order valence-corrected chi connectivity index (χ3v) is 4.84. The number of carbonyl (C=O) groups excluding carboxylic acids is 1. The lowest BCUT2D eigenvalue weighted by Gasteiger charge is -2.24. The molecule has 5 nitrogen and oxygen atoms in total. The predicted octanol–water partition coefficient (Wildman–Crippen LogP) is 3.75. The number of hydrogen-bond donors (Lipinski definition) is 2. The van der Waals surface area contributed by atoms with E-state index in [9.17, 15) is 4.79 Å². The topological polar surface area (TPSA) is 53.6 Å². The highest BCUT2D eigenvalue weighted by Gasteiger charge is 2.18. The number of methoxy groups -OCH3 is 1. The third kappa shape index (κ3) is 4.09. The number of nitrogens with one attached hydrogen (secondary N) is 2. The van der Waals surface area contributed by atoms with E-state index >= 15 is 0 Å². The van der Waals surface area contributed by atoms with Crippen LogP contribution in [-0.2, 0) is 0 Å². The second kappa shape index (κ2) is 7.57. The van der Waals surface area contributed by atoms with Crippen LogP contribution in [0.15, 0.2) is 18.2 Å². The van der Waals surface area contributed by atoms with Gasteiger partial charge in [-0.2, -0.15) is 0 Å². The molecule has 0 radical (unpaired) electrons. The second-order valence-corrected chi connectivity index (χ2v) is 6.51. The molecule has 126 valence electrons. The van der Waals surface area contributed by atoms with Crippen LogP contribution in [0, 0.1) is 0 Å². The molecule has 2 N–H and O–H groups in total. The Kier molecular flexibility index (Phi) is 5.26. The predicted molar refractivity (Wildman–Crippen MR) is 93.5 cm³/mol. The van der Waals surface area contributed by atoms with Crippen molar-refractivity contribution in [2.45, 2.75) is 51.0 Å². The van der Waals surface area contributed by atoms with Gasteiger partial charge in [0.2, 0.25) is 0 Å². The smallest absolute Gasteiger partial charge is 0.319 e. The summed E-state index contributed by atoms with van der Waals surface area (Å²) in [4.78, 5) is 14.6. The van der Waals surface area contributed by atoms with Gasteiger partial charge in [0.15, 0.2) is 0 Å². The molecule has 0 spiro atoms. The van der Waals surface area contributed by atoms with Crippen LogP contribution in [0.3, 0.4) is 0 Å². The molecule has 5 heteroatoms. The summed E-state index contributed by atoms with van der Waals surface area (Å²) >= 11 is 0. The molecule has 1 heterocycles. The summed E-state index contributed by atoms with van der Waals surface area (Å²) in [5.41, 5.74) is 1.89. The first kappa shape index (κ1) is 16.0. The van der Waals surface area contributed by atoms with Gasteiger partial charge in [0.1, 0.15) is 5.75 Å². The van der Waals surface area contributed by atoms with Crippen molar-refractivity contribution in [3.8, 4) is 5.75 Å². The Hall–Kier alpha value is -1.91. The summed E-state index contributed by atoms with van der Waals surface area (Å²) in [5, 5.41) is 6.06. The first-order valence-electron chi connectivity index (χ1n) is 8.77. The summed E-state index contributed by atoms with van der Waals surface area (Å²) in [6.07, 6.45) is 8.33. The molecule has 2 amide bonds. The van der Waals surface area contributed by atoms with E-state index in [1.54, 1.807) is 7.11 Å². The highest BCUT2D eigenvalue weighted by molar-refractivity contribution is 5.92. The molecule has 1 aliphatic carbocycles. The first-order valence-corrected chi connectivity index (χ1v) is 8.77. The Morgan fingerprint density at radius 3 is 2.57 bits per heavy atom. The van der Waals surface area contributed by atoms with Gasteiger partial charge >= 0.3 is 6.03 Å². The van der Waals surface area contributed by atoms with Gasteiger partial charge in [0.05, 0.1) is 12.8 Å². The third-order valence-electron chi connectivity index (χ3n) is 4.84. The standard InChI is InChI=1S/C18H27N3O2/c1-23-17-10-9-15(21-11-5-6-12-21)13-16(17)20-18(22)19-14-7-3-2-4-8-14/h9-10,13-14H,2-8,11-12H2,1H3,(H2,19,20,22). The molecule has 1 saturated carbocycles. The zero-order valence-corrected chi connectivity index (χ0v) is 13.9. The van der Waals surface area contributed by atoms with E-state index in [0.717, 1.165) is 37.3 Å². The Bertz CT molecular complexity index is 535. The average Bonchev–Trinajstić information content (AvgIpc) is 3.10. The molecule has 2 aliphatic rings. The normalized spacial score (nSPS) is 18.7. The SMILES string of the molecule is COc1ccc(N2CCCC2)cc1NC(=O)NC1CCCCC1. The van der Waals surface area contributed by atoms with Crippen LogP contribution in [0.1, 0.15) is 44.9 Å². The van der Waals surface area contributed by atoms with E-state index in [-0.39, 0.29) is 6.03 Å². The number of nitrogens with zero attached hydrogens (tertiary/aromatic N) is 1. The zero-order valence-electron chi connectivity index (χ0n) is 13.9. The van der Waals surface area contributed by atoms with Gasteiger partial charge < -0.3 is 20.3 Å². The second-order valence-electron chi connectivity index (χ2n) is 6.51. The van der Waals surface area contributed by atoms with Crippen LogP contribution in [-0.4, -0.2) is 32.3 Å². The van der Waals surface area contributed by atoms with Gasteiger partial charge in [-0.25, -0.2) is 4.79 Å². The van der Waals surface area contributed by atoms with E-state index in [0.29, 0.717) is 11.8 Å². The fourth-order valence-corrected chi connectivity index (χ4v) is 3.56. The largest absolute Gasteiger partial charge is 0.495 e. The summed E-state index contributed by atoms with van der Waals surface area (Å²) < 4.78 is 5.39. The molecule has 0 aromatic heterocycles. The molecule has 2 fully saturated rings. The van der Waals surface area contributed by atoms with Gasteiger partial charge in [-0.3, -0.25) is 0 Å². The zero-order chi connectivity index (χ0) is 16.1. The fourth-order valence-electron chi connectivity index (χ4n) is 3.56. The number of ether oxygens (including phenoxy) is 1. The van der Waals surface area contributed by atoms with Crippen LogP contribution in [0.2, 0.25) is 0 Å². The highest BCUT2D eigenvalue weighted by Crippen LogP contribution is 2.31. The summed E-state index contributed by atoms with van der Waals surface area (Å²) in [6.45, 7) is 2.17. The molecule has 0 atom stereocenters. The summed E-state index contributed by atoms with van der Waals surface area (Å²) in [5.74, 6) is 0.701. The van der Waals surface area contributed by atoms with Crippen molar-refractivity contribution in [2.24, 2.45) is 0 Å². The van der Waals surface area contributed by atoms with Gasteiger partial charge in [0.25, 0.3) is 0 Å². The number of urea groups is 1. The highest BCUT2D eigenvalue weighted by atomic mass is 16.5. The molecule has 23 heavy (non-hydrogen) atoms. The van der Waals surface area contributed by atoms with Gasteiger partial charge in [-0.15, -0.1) is 0 Å². The van der Waals surface area contributed by atoms with Crippen molar-refractivity contribution in [2.75, 3.05) is 30.4 Å². The maximum Gasteiger partial charge on any atom is 0.319 e. The number of benzene rings is 1. The van der Waals surface area contributed by atoms with Crippen molar-refractivity contribution < 1.29 is 9.53 Å². The molecule has 1 aliphatic heterocycles. The Morgan fingerprint density at radius 1 is 1.13 bits per heavy atom. The lowest BCUT2D eigenvalue weighted by atomic mass is 9.96. The minimum atomic E-state index is -0.131. The maximum atomic E-state index is 12.3. The maximum absolute atomic E-state index is 12.3. The molecule has 0 unspecified atom stereocenters.